The minimum absolute atomic E-state index is 0.171. The number of ether oxygens (including phenoxy) is 1. The second-order valence-corrected chi connectivity index (χ2v) is 4.29. The molecule has 1 rings (SSSR count). The molecule has 0 aromatic heterocycles. The van der Waals surface area contributed by atoms with Crippen LogP contribution in [-0.4, -0.2) is 17.3 Å². The molecule has 0 spiro atoms. The Morgan fingerprint density at radius 2 is 1.53 bits per heavy atom. The Kier molecular flexibility index (Phi) is 4.15. The van der Waals surface area contributed by atoms with E-state index >= 15 is 0 Å². The molecule has 0 fully saturated rings. The number of rotatable bonds is 4. The first-order valence-corrected chi connectivity index (χ1v) is 5.45. The minimum atomic E-state index is -0.449. The van der Waals surface area contributed by atoms with Gasteiger partial charge >= 0.3 is 0 Å². The number of aliphatic hydroxyl groups excluding tert-OH is 1. The van der Waals surface area contributed by atoms with Gasteiger partial charge in [0.2, 0.25) is 0 Å². The van der Waals surface area contributed by atoms with Crippen molar-refractivity contribution in [2.24, 2.45) is 0 Å². The Bertz CT molecular complexity index is 288. The lowest BCUT2D eigenvalue weighted by molar-refractivity contribution is 0.0604. The summed E-state index contributed by atoms with van der Waals surface area (Å²) in [7, 11) is 0. The molecule has 0 amide bonds. The van der Waals surface area contributed by atoms with Gasteiger partial charge in [-0.2, -0.15) is 0 Å². The van der Waals surface area contributed by atoms with Crippen LogP contribution >= 0.6 is 0 Å². The van der Waals surface area contributed by atoms with Crippen LogP contribution in [0.1, 0.15) is 39.2 Å². The van der Waals surface area contributed by atoms with E-state index in [9.17, 15) is 5.11 Å². The van der Waals surface area contributed by atoms with Gasteiger partial charge in [-0.25, -0.2) is 0 Å². The Hall–Kier alpha value is -1.02. The first kappa shape index (κ1) is 12.1. The van der Waals surface area contributed by atoms with E-state index in [0.717, 1.165) is 5.75 Å². The molecule has 15 heavy (non-hydrogen) atoms. The fourth-order valence-electron chi connectivity index (χ4n) is 1.24. The number of hydrogen-bond donors (Lipinski definition) is 1. The van der Waals surface area contributed by atoms with Crippen LogP contribution in [0.15, 0.2) is 24.3 Å². The van der Waals surface area contributed by atoms with Gasteiger partial charge in [-0.3, -0.25) is 0 Å². The Labute approximate surface area is 91.9 Å². The van der Waals surface area contributed by atoms with Crippen molar-refractivity contribution in [3.63, 3.8) is 0 Å². The number of aliphatic hydroxyl groups is 1. The van der Waals surface area contributed by atoms with Crippen molar-refractivity contribution in [1.29, 1.82) is 0 Å². The van der Waals surface area contributed by atoms with Crippen LogP contribution in [0.4, 0.5) is 0 Å². The number of benzene rings is 1. The van der Waals surface area contributed by atoms with Crippen LogP contribution in [0.2, 0.25) is 0 Å². The van der Waals surface area contributed by atoms with Gasteiger partial charge in [0.15, 0.2) is 0 Å². The highest BCUT2D eigenvalue weighted by Gasteiger charge is 2.10. The van der Waals surface area contributed by atoms with Crippen LogP contribution in [-0.2, 0) is 0 Å². The monoisotopic (exact) mass is 208 g/mol. The van der Waals surface area contributed by atoms with Gasteiger partial charge in [-0.15, -0.1) is 0 Å². The molecular formula is C13H20O2. The second-order valence-electron chi connectivity index (χ2n) is 4.29. The topological polar surface area (TPSA) is 29.5 Å². The summed E-state index contributed by atoms with van der Waals surface area (Å²) in [5, 5.41) is 9.30. The normalized spacial score (nSPS) is 15.1. The van der Waals surface area contributed by atoms with Crippen molar-refractivity contribution < 1.29 is 9.84 Å². The Balaban J connectivity index is 2.64. The Morgan fingerprint density at radius 3 is 1.93 bits per heavy atom. The van der Waals surface area contributed by atoms with Crippen molar-refractivity contribution in [1.82, 2.24) is 0 Å². The summed E-state index contributed by atoms with van der Waals surface area (Å²) in [6.45, 7) is 7.91. The van der Waals surface area contributed by atoms with Crippen LogP contribution in [0.5, 0.6) is 5.75 Å². The summed E-state index contributed by atoms with van der Waals surface area (Å²) < 4.78 is 5.56. The second kappa shape index (κ2) is 5.17. The van der Waals surface area contributed by atoms with Gasteiger partial charge in [-0.1, -0.05) is 26.0 Å². The predicted octanol–water partition coefficient (Wildman–Crippen LogP) is 2.96. The van der Waals surface area contributed by atoms with Crippen LogP contribution in [0.3, 0.4) is 0 Å². The smallest absolute Gasteiger partial charge is 0.121 e. The third-order valence-corrected chi connectivity index (χ3v) is 2.55. The van der Waals surface area contributed by atoms with Crippen molar-refractivity contribution in [2.75, 3.05) is 0 Å². The van der Waals surface area contributed by atoms with Gasteiger partial charge in [0, 0.05) is 0 Å². The summed E-state index contributed by atoms with van der Waals surface area (Å²) in [5.74, 6) is 1.35. The fraction of sp³-hybridized carbons (Fsp3) is 0.538. The van der Waals surface area contributed by atoms with Crippen LogP contribution in [0, 0.1) is 0 Å². The summed E-state index contributed by atoms with van der Waals surface area (Å²) in [6.07, 6.45) is -0.621. The highest BCUT2D eigenvalue weighted by molar-refractivity contribution is 5.29. The molecule has 0 saturated carbocycles. The molecule has 1 N–H and O–H groups in total. The number of hydrogen-bond acceptors (Lipinski definition) is 2. The molecule has 2 unspecified atom stereocenters. The zero-order valence-corrected chi connectivity index (χ0v) is 9.90. The van der Waals surface area contributed by atoms with E-state index < -0.39 is 6.10 Å². The minimum Gasteiger partial charge on any atom is -0.488 e. The average molecular weight is 208 g/mol. The highest BCUT2D eigenvalue weighted by Crippen LogP contribution is 2.19. The van der Waals surface area contributed by atoms with Gasteiger partial charge in [0.1, 0.15) is 11.9 Å². The van der Waals surface area contributed by atoms with E-state index in [1.54, 1.807) is 6.92 Å². The molecule has 0 saturated heterocycles. The van der Waals surface area contributed by atoms with E-state index in [-0.39, 0.29) is 6.10 Å². The maximum atomic E-state index is 9.30. The lowest BCUT2D eigenvalue weighted by Gasteiger charge is -2.17. The fourth-order valence-corrected chi connectivity index (χ4v) is 1.24. The summed E-state index contributed by atoms with van der Waals surface area (Å²) in [5.41, 5.74) is 1.30. The molecule has 0 radical (unpaired) electrons. The molecular weight excluding hydrogens is 188 g/mol. The Morgan fingerprint density at radius 1 is 1.00 bits per heavy atom. The van der Waals surface area contributed by atoms with Crippen molar-refractivity contribution >= 4 is 0 Å². The largest absolute Gasteiger partial charge is 0.488 e. The van der Waals surface area contributed by atoms with E-state index in [4.69, 9.17) is 4.74 Å². The quantitative estimate of drug-likeness (QED) is 0.824. The van der Waals surface area contributed by atoms with Gasteiger partial charge in [-0.05, 0) is 37.5 Å². The zero-order valence-electron chi connectivity index (χ0n) is 9.90. The van der Waals surface area contributed by atoms with Crippen molar-refractivity contribution in [3.05, 3.63) is 29.8 Å². The van der Waals surface area contributed by atoms with E-state index in [0.29, 0.717) is 5.92 Å². The van der Waals surface area contributed by atoms with E-state index in [1.165, 1.54) is 5.56 Å². The van der Waals surface area contributed by atoms with E-state index in [2.05, 4.69) is 26.0 Å². The highest BCUT2D eigenvalue weighted by atomic mass is 16.5. The molecule has 0 aliphatic carbocycles. The van der Waals surface area contributed by atoms with Crippen LogP contribution < -0.4 is 4.74 Å². The molecule has 0 bridgehead atoms. The molecule has 2 nitrogen and oxygen atoms in total. The van der Waals surface area contributed by atoms with E-state index in [1.807, 2.05) is 19.1 Å². The standard InChI is InChI=1S/C13H20O2/c1-9(2)12-5-7-13(8-6-12)15-11(4)10(3)14/h5-11,14H,1-4H3. The van der Waals surface area contributed by atoms with Crippen LogP contribution in [0.25, 0.3) is 0 Å². The van der Waals surface area contributed by atoms with Crippen molar-refractivity contribution in [2.45, 2.75) is 45.8 Å². The lowest BCUT2D eigenvalue weighted by atomic mass is 10.0. The molecule has 0 aliphatic heterocycles. The SMILES string of the molecule is CC(C)c1ccc(OC(C)C(C)O)cc1. The van der Waals surface area contributed by atoms with Gasteiger partial charge < -0.3 is 9.84 Å². The maximum Gasteiger partial charge on any atom is 0.121 e. The maximum absolute atomic E-state index is 9.30. The summed E-state index contributed by atoms with van der Waals surface area (Å²) in [6, 6.07) is 8.03. The van der Waals surface area contributed by atoms with Gasteiger partial charge in [0.25, 0.3) is 0 Å². The summed E-state index contributed by atoms with van der Waals surface area (Å²) in [4.78, 5) is 0. The first-order valence-electron chi connectivity index (χ1n) is 5.45. The van der Waals surface area contributed by atoms with Gasteiger partial charge in [0.05, 0.1) is 6.10 Å². The zero-order chi connectivity index (χ0) is 11.4. The first-order chi connectivity index (χ1) is 7.00. The third-order valence-electron chi connectivity index (χ3n) is 2.55. The molecule has 2 heteroatoms. The third kappa shape index (κ3) is 3.56. The lowest BCUT2D eigenvalue weighted by Crippen LogP contribution is -2.25. The predicted molar refractivity (Wildman–Crippen MR) is 62.3 cm³/mol. The average Bonchev–Trinajstić information content (AvgIpc) is 2.18. The molecule has 2 atom stereocenters. The molecule has 0 aliphatic rings. The molecule has 1 aromatic carbocycles. The molecule has 1 aromatic rings. The van der Waals surface area contributed by atoms with Crippen molar-refractivity contribution in [3.8, 4) is 5.75 Å². The molecule has 84 valence electrons. The summed E-state index contributed by atoms with van der Waals surface area (Å²) >= 11 is 0. The molecule has 0 heterocycles.